The Morgan fingerprint density at radius 1 is 0.879 bits per heavy atom. The van der Waals surface area contributed by atoms with Crippen molar-refractivity contribution < 1.29 is 14.3 Å². The van der Waals surface area contributed by atoms with E-state index in [1.807, 2.05) is 89.8 Å². The molecular weight excluding hydrogens is 414 g/mol. The molecule has 0 aromatic heterocycles. The molecule has 2 saturated heterocycles. The summed E-state index contributed by atoms with van der Waals surface area (Å²) in [5.74, 6) is 0.775. The van der Waals surface area contributed by atoms with Gasteiger partial charge in [0.25, 0.3) is 5.91 Å². The van der Waals surface area contributed by atoms with Crippen LogP contribution in [0.4, 0.5) is 5.69 Å². The first-order valence-corrected chi connectivity index (χ1v) is 11.3. The number of ether oxygens (including phenoxy) is 1. The molecule has 5 rings (SSSR count). The molecule has 33 heavy (non-hydrogen) atoms. The molecule has 2 aliphatic rings. The maximum absolute atomic E-state index is 13.1. The van der Waals surface area contributed by atoms with E-state index >= 15 is 0 Å². The van der Waals surface area contributed by atoms with Gasteiger partial charge in [0.1, 0.15) is 17.9 Å². The number of nitrogens with one attached hydrogen (secondary N) is 1. The van der Waals surface area contributed by atoms with Gasteiger partial charge >= 0.3 is 0 Å². The van der Waals surface area contributed by atoms with Gasteiger partial charge in [0.15, 0.2) is 0 Å². The molecule has 6 nitrogen and oxygen atoms in total. The number of hydrogen-bond donors (Lipinski definition) is 1. The zero-order valence-electron chi connectivity index (χ0n) is 18.4. The van der Waals surface area contributed by atoms with Gasteiger partial charge in [-0.3, -0.25) is 9.59 Å². The second-order valence-electron chi connectivity index (χ2n) is 8.55. The third-order valence-electron chi connectivity index (χ3n) is 6.63. The number of carbonyl (C=O) groups is 2. The van der Waals surface area contributed by atoms with Crippen LogP contribution in [0.5, 0.6) is 5.75 Å². The Morgan fingerprint density at radius 2 is 1.52 bits per heavy atom. The minimum atomic E-state index is -0.590. The van der Waals surface area contributed by atoms with Crippen molar-refractivity contribution in [3.63, 3.8) is 0 Å². The number of nitrogens with zero attached hydrogens (tertiary/aromatic N) is 2. The maximum Gasteiger partial charge on any atom is 0.253 e. The van der Waals surface area contributed by atoms with Gasteiger partial charge in [-0.15, -0.1) is 0 Å². The van der Waals surface area contributed by atoms with Crippen LogP contribution in [-0.4, -0.2) is 42.0 Å². The van der Waals surface area contributed by atoms with E-state index in [9.17, 15) is 9.59 Å². The molecule has 0 aliphatic carbocycles. The Kier molecular flexibility index (Phi) is 5.73. The maximum atomic E-state index is 13.1. The number of carbonyl (C=O) groups excluding carboxylic acids is 2. The molecule has 2 heterocycles. The quantitative estimate of drug-likeness (QED) is 0.654. The minimum Gasteiger partial charge on any atom is -0.489 e. The summed E-state index contributed by atoms with van der Waals surface area (Å²) < 4.78 is 5.83. The Balaban J connectivity index is 1.22. The summed E-state index contributed by atoms with van der Waals surface area (Å²) in [6.07, 6.45) is 1.22. The van der Waals surface area contributed by atoms with Crippen molar-refractivity contribution in [1.82, 2.24) is 10.2 Å². The van der Waals surface area contributed by atoms with Crippen molar-refractivity contribution in [2.45, 2.75) is 25.0 Å². The molecule has 0 radical (unpaired) electrons. The van der Waals surface area contributed by atoms with Gasteiger partial charge < -0.3 is 19.9 Å². The van der Waals surface area contributed by atoms with E-state index < -0.39 is 5.54 Å². The van der Waals surface area contributed by atoms with Gasteiger partial charge in [-0.2, -0.15) is 0 Å². The van der Waals surface area contributed by atoms with Gasteiger partial charge in [0, 0.05) is 24.3 Å². The standard InChI is InChI=1S/C27H27N3O3/c31-25(22-11-13-24(14-12-22)33-19-21-7-3-1-4-8-21)29-17-15-27(16-18-29)26(32)28-20-30(27)23-9-5-2-6-10-23/h1-14H,15-20H2,(H,28,32). The minimum absolute atomic E-state index is 0.0101. The fraction of sp³-hybridized carbons (Fsp3) is 0.259. The van der Waals surface area contributed by atoms with Crippen LogP contribution in [0, 0.1) is 0 Å². The number of rotatable bonds is 5. The Labute approximate surface area is 193 Å². The number of para-hydroxylation sites is 1. The average Bonchev–Trinajstić information content (AvgIpc) is 3.19. The van der Waals surface area contributed by atoms with E-state index in [1.165, 1.54) is 0 Å². The number of anilines is 1. The fourth-order valence-electron chi connectivity index (χ4n) is 4.73. The second-order valence-corrected chi connectivity index (χ2v) is 8.55. The van der Waals surface area contributed by atoms with Crippen LogP contribution >= 0.6 is 0 Å². The molecule has 6 heteroatoms. The van der Waals surface area contributed by atoms with E-state index in [2.05, 4.69) is 10.2 Å². The zero-order valence-corrected chi connectivity index (χ0v) is 18.4. The van der Waals surface area contributed by atoms with Crippen molar-refractivity contribution in [3.8, 4) is 5.75 Å². The molecule has 1 spiro atoms. The molecular formula is C27H27N3O3. The third-order valence-corrected chi connectivity index (χ3v) is 6.63. The summed E-state index contributed by atoms with van der Waals surface area (Å²) in [7, 11) is 0. The van der Waals surface area contributed by atoms with Crippen LogP contribution in [0.3, 0.4) is 0 Å². The summed E-state index contributed by atoms with van der Waals surface area (Å²) in [5.41, 5.74) is 2.17. The number of amides is 2. The molecule has 0 saturated carbocycles. The summed E-state index contributed by atoms with van der Waals surface area (Å²) in [4.78, 5) is 29.9. The van der Waals surface area contributed by atoms with E-state index in [-0.39, 0.29) is 11.8 Å². The Morgan fingerprint density at radius 3 is 2.18 bits per heavy atom. The van der Waals surface area contributed by atoms with Crippen molar-refractivity contribution in [1.29, 1.82) is 0 Å². The number of likely N-dealkylation sites (tertiary alicyclic amines) is 1. The van der Waals surface area contributed by atoms with Crippen molar-refractivity contribution in [3.05, 3.63) is 96.1 Å². The molecule has 3 aromatic rings. The van der Waals surface area contributed by atoms with Crippen LogP contribution in [0.2, 0.25) is 0 Å². The van der Waals surface area contributed by atoms with Gasteiger partial charge in [-0.1, -0.05) is 48.5 Å². The van der Waals surface area contributed by atoms with Crippen LogP contribution in [0.25, 0.3) is 0 Å². The lowest BCUT2D eigenvalue weighted by Gasteiger charge is -2.43. The summed E-state index contributed by atoms with van der Waals surface area (Å²) in [6.45, 7) is 2.08. The molecule has 168 valence electrons. The first-order valence-electron chi connectivity index (χ1n) is 11.3. The molecule has 2 fully saturated rings. The van der Waals surface area contributed by atoms with Gasteiger partial charge in [0.2, 0.25) is 5.91 Å². The van der Waals surface area contributed by atoms with Crippen LogP contribution in [0.15, 0.2) is 84.9 Å². The van der Waals surface area contributed by atoms with Crippen molar-refractivity contribution in [2.24, 2.45) is 0 Å². The van der Waals surface area contributed by atoms with Crippen LogP contribution < -0.4 is 15.0 Å². The highest BCUT2D eigenvalue weighted by molar-refractivity contribution is 5.96. The Bertz CT molecular complexity index is 1110. The van der Waals surface area contributed by atoms with Gasteiger partial charge in [-0.25, -0.2) is 0 Å². The number of hydrogen-bond acceptors (Lipinski definition) is 4. The molecule has 2 aliphatic heterocycles. The lowest BCUT2D eigenvalue weighted by atomic mass is 9.85. The monoisotopic (exact) mass is 441 g/mol. The smallest absolute Gasteiger partial charge is 0.253 e. The molecule has 0 atom stereocenters. The van der Waals surface area contributed by atoms with E-state index in [1.54, 1.807) is 0 Å². The molecule has 3 aromatic carbocycles. The molecule has 0 unspecified atom stereocenters. The zero-order chi connectivity index (χ0) is 22.7. The van der Waals surface area contributed by atoms with Crippen LogP contribution in [-0.2, 0) is 11.4 Å². The largest absolute Gasteiger partial charge is 0.489 e. The van der Waals surface area contributed by atoms with E-state index in [4.69, 9.17) is 4.74 Å². The van der Waals surface area contributed by atoms with Crippen molar-refractivity contribution in [2.75, 3.05) is 24.7 Å². The molecule has 0 bridgehead atoms. The predicted octanol–water partition coefficient (Wildman–Crippen LogP) is 3.83. The van der Waals surface area contributed by atoms with Crippen molar-refractivity contribution >= 4 is 17.5 Å². The highest BCUT2D eigenvalue weighted by atomic mass is 16.5. The summed E-state index contributed by atoms with van der Waals surface area (Å²) >= 11 is 0. The third kappa shape index (κ3) is 4.16. The first-order chi connectivity index (χ1) is 16.2. The van der Waals surface area contributed by atoms with Gasteiger partial charge in [-0.05, 0) is 54.8 Å². The lowest BCUT2D eigenvalue weighted by molar-refractivity contribution is -0.124. The number of benzene rings is 3. The normalized spacial score (nSPS) is 17.2. The fourth-order valence-corrected chi connectivity index (χ4v) is 4.73. The summed E-state index contributed by atoms with van der Waals surface area (Å²) in [6, 6.07) is 27.3. The Hall–Kier alpha value is -3.80. The summed E-state index contributed by atoms with van der Waals surface area (Å²) in [5, 5.41) is 3.00. The van der Waals surface area contributed by atoms with Gasteiger partial charge in [0.05, 0.1) is 6.67 Å². The van der Waals surface area contributed by atoms with E-state index in [0.29, 0.717) is 44.8 Å². The van der Waals surface area contributed by atoms with E-state index in [0.717, 1.165) is 17.0 Å². The second kappa shape index (κ2) is 8.98. The highest BCUT2D eigenvalue weighted by Crippen LogP contribution is 2.36. The van der Waals surface area contributed by atoms with Crippen LogP contribution in [0.1, 0.15) is 28.8 Å². The lowest BCUT2D eigenvalue weighted by Crippen LogP contribution is -2.57. The average molecular weight is 442 g/mol. The SMILES string of the molecule is O=C(c1ccc(OCc2ccccc2)cc1)N1CCC2(CC1)C(=O)NCN2c1ccccc1. The number of piperidine rings is 1. The molecule has 1 N–H and O–H groups in total. The molecule has 2 amide bonds. The highest BCUT2D eigenvalue weighted by Gasteiger charge is 2.50. The predicted molar refractivity (Wildman–Crippen MR) is 127 cm³/mol. The topological polar surface area (TPSA) is 61.9 Å². The first kappa shape index (κ1) is 21.1.